The van der Waals surface area contributed by atoms with Crippen molar-refractivity contribution in [3.63, 3.8) is 0 Å². The Hall–Kier alpha value is -0.780. The van der Waals surface area contributed by atoms with Gasteiger partial charge in [-0.2, -0.15) is 0 Å². The number of piperidine rings is 1. The van der Waals surface area contributed by atoms with Gasteiger partial charge in [0.15, 0.2) is 5.75 Å². The molecule has 1 heterocycles. The van der Waals surface area contributed by atoms with Crippen LogP contribution in [0, 0.1) is 0 Å². The average molecular weight is 376 g/mol. The fraction of sp³-hybridized carbons (Fsp3) is 0.533. The van der Waals surface area contributed by atoms with Gasteiger partial charge in [0.25, 0.3) is 0 Å². The van der Waals surface area contributed by atoms with Crippen LogP contribution in [-0.2, 0) is 4.79 Å². The molecule has 0 spiro atoms. The first kappa shape index (κ1) is 16.6. The summed E-state index contributed by atoms with van der Waals surface area (Å²) >= 11 is 9.50. The van der Waals surface area contributed by atoms with Crippen molar-refractivity contribution in [2.45, 2.75) is 38.6 Å². The van der Waals surface area contributed by atoms with Gasteiger partial charge in [-0.3, -0.25) is 4.79 Å². The van der Waals surface area contributed by atoms with Crippen molar-refractivity contribution in [2.75, 3.05) is 18.5 Å². The van der Waals surface area contributed by atoms with Crippen molar-refractivity contribution in [2.24, 2.45) is 0 Å². The highest BCUT2D eigenvalue weighted by atomic mass is 79.9. The zero-order valence-electron chi connectivity index (χ0n) is 12.3. The second-order valence-corrected chi connectivity index (χ2v) is 6.66. The first-order chi connectivity index (χ1) is 9.96. The van der Waals surface area contributed by atoms with Gasteiger partial charge in [0.1, 0.15) is 0 Å². The molecular weight excluding hydrogens is 356 g/mol. The lowest BCUT2D eigenvalue weighted by molar-refractivity contribution is -0.122. The molecule has 4 nitrogen and oxygen atoms in total. The summed E-state index contributed by atoms with van der Waals surface area (Å²) in [5, 5.41) is 6.79. The van der Waals surface area contributed by atoms with Gasteiger partial charge in [0, 0.05) is 5.02 Å². The van der Waals surface area contributed by atoms with E-state index in [2.05, 4.69) is 26.6 Å². The van der Waals surface area contributed by atoms with E-state index < -0.39 is 5.54 Å². The maximum Gasteiger partial charge on any atom is 0.244 e. The van der Waals surface area contributed by atoms with Crippen LogP contribution in [0.1, 0.15) is 33.1 Å². The average Bonchev–Trinajstić information content (AvgIpc) is 2.43. The fourth-order valence-electron chi connectivity index (χ4n) is 2.45. The molecule has 1 aliphatic heterocycles. The number of hydrogen-bond donors (Lipinski definition) is 2. The van der Waals surface area contributed by atoms with Crippen LogP contribution in [-0.4, -0.2) is 24.6 Å². The Morgan fingerprint density at radius 1 is 1.52 bits per heavy atom. The molecule has 0 aliphatic carbocycles. The Kier molecular flexibility index (Phi) is 5.52. The monoisotopic (exact) mass is 374 g/mol. The number of amides is 1. The van der Waals surface area contributed by atoms with E-state index >= 15 is 0 Å². The van der Waals surface area contributed by atoms with Crippen LogP contribution in [0.15, 0.2) is 16.6 Å². The summed E-state index contributed by atoms with van der Waals surface area (Å²) in [4.78, 5) is 12.6. The van der Waals surface area contributed by atoms with Crippen molar-refractivity contribution in [3.8, 4) is 5.75 Å². The summed E-state index contributed by atoms with van der Waals surface area (Å²) in [5.41, 5.74) is 0.0473. The molecule has 1 aliphatic rings. The van der Waals surface area contributed by atoms with Crippen molar-refractivity contribution in [1.29, 1.82) is 0 Å². The molecule has 0 bridgehead atoms. The molecule has 1 aromatic carbocycles. The minimum absolute atomic E-state index is 0.0580. The Morgan fingerprint density at radius 2 is 2.29 bits per heavy atom. The largest absolute Gasteiger partial charge is 0.491 e. The highest BCUT2D eigenvalue weighted by Gasteiger charge is 2.34. The normalized spacial score (nSPS) is 21.9. The van der Waals surface area contributed by atoms with Crippen molar-refractivity contribution in [3.05, 3.63) is 21.6 Å². The lowest BCUT2D eigenvalue weighted by Crippen LogP contribution is -2.54. The molecule has 0 saturated carbocycles. The molecular formula is C15H20BrClN2O2. The van der Waals surface area contributed by atoms with E-state index in [4.69, 9.17) is 16.3 Å². The van der Waals surface area contributed by atoms with E-state index in [1.54, 1.807) is 12.1 Å². The van der Waals surface area contributed by atoms with E-state index in [9.17, 15) is 4.79 Å². The van der Waals surface area contributed by atoms with Crippen molar-refractivity contribution >= 4 is 39.1 Å². The predicted molar refractivity (Wildman–Crippen MR) is 89.2 cm³/mol. The predicted octanol–water partition coefficient (Wildman–Crippen LogP) is 3.97. The summed E-state index contributed by atoms with van der Waals surface area (Å²) in [5.74, 6) is 0.548. The van der Waals surface area contributed by atoms with Crippen LogP contribution in [0.3, 0.4) is 0 Å². The maximum atomic E-state index is 12.6. The second kappa shape index (κ2) is 6.99. The molecule has 2 rings (SSSR count). The molecule has 0 radical (unpaired) electrons. The molecule has 0 aromatic heterocycles. The number of hydrogen-bond acceptors (Lipinski definition) is 3. The van der Waals surface area contributed by atoms with Crippen LogP contribution in [0.5, 0.6) is 5.75 Å². The number of ether oxygens (including phenoxy) is 1. The number of rotatable bonds is 4. The number of carbonyl (C=O) groups is 1. The third-order valence-corrected chi connectivity index (χ3v) is 4.47. The summed E-state index contributed by atoms with van der Waals surface area (Å²) in [6.45, 7) is 5.21. The zero-order chi connectivity index (χ0) is 15.5. The molecule has 1 atom stereocenters. The minimum atomic E-state index is -0.545. The van der Waals surface area contributed by atoms with Crippen LogP contribution in [0.4, 0.5) is 5.69 Å². The zero-order valence-corrected chi connectivity index (χ0v) is 14.6. The van der Waals surface area contributed by atoms with Crippen LogP contribution in [0.2, 0.25) is 5.02 Å². The molecule has 1 fully saturated rings. The van der Waals surface area contributed by atoms with Gasteiger partial charge in [0.05, 0.1) is 22.3 Å². The van der Waals surface area contributed by atoms with E-state index in [1.165, 1.54) is 0 Å². The van der Waals surface area contributed by atoms with Gasteiger partial charge in [0.2, 0.25) is 5.91 Å². The van der Waals surface area contributed by atoms with Crippen LogP contribution >= 0.6 is 27.5 Å². The minimum Gasteiger partial charge on any atom is -0.491 e. The molecule has 1 amide bonds. The topological polar surface area (TPSA) is 50.4 Å². The van der Waals surface area contributed by atoms with E-state index in [1.807, 2.05) is 13.8 Å². The van der Waals surface area contributed by atoms with E-state index in [-0.39, 0.29) is 5.91 Å². The van der Waals surface area contributed by atoms with Gasteiger partial charge in [-0.1, -0.05) is 11.6 Å². The van der Waals surface area contributed by atoms with Crippen molar-refractivity contribution < 1.29 is 9.53 Å². The Balaban J connectivity index is 2.23. The van der Waals surface area contributed by atoms with Gasteiger partial charge in [-0.15, -0.1) is 0 Å². The van der Waals surface area contributed by atoms with Crippen LogP contribution < -0.4 is 15.4 Å². The number of benzene rings is 1. The van der Waals surface area contributed by atoms with Gasteiger partial charge < -0.3 is 15.4 Å². The SMILES string of the molecule is CCOc1c(Br)cc(Cl)cc1NC(=O)C1(C)CCCCN1. The van der Waals surface area contributed by atoms with Crippen LogP contribution in [0.25, 0.3) is 0 Å². The Morgan fingerprint density at radius 3 is 2.90 bits per heavy atom. The molecule has 116 valence electrons. The number of carbonyl (C=O) groups excluding carboxylic acids is 1. The lowest BCUT2D eigenvalue weighted by Gasteiger charge is -2.33. The van der Waals surface area contributed by atoms with E-state index in [0.717, 1.165) is 30.3 Å². The maximum absolute atomic E-state index is 12.6. The summed E-state index contributed by atoms with van der Waals surface area (Å²) in [6.07, 6.45) is 2.98. The Labute approximate surface area is 138 Å². The van der Waals surface area contributed by atoms with Gasteiger partial charge in [-0.25, -0.2) is 0 Å². The molecule has 1 aromatic rings. The first-order valence-electron chi connectivity index (χ1n) is 7.14. The third kappa shape index (κ3) is 3.90. The molecule has 6 heteroatoms. The number of nitrogens with one attached hydrogen (secondary N) is 2. The van der Waals surface area contributed by atoms with Gasteiger partial charge >= 0.3 is 0 Å². The highest BCUT2D eigenvalue weighted by Crippen LogP contribution is 2.37. The van der Waals surface area contributed by atoms with E-state index in [0.29, 0.717) is 23.1 Å². The summed E-state index contributed by atoms with van der Waals surface area (Å²) in [7, 11) is 0. The first-order valence-corrected chi connectivity index (χ1v) is 8.31. The molecule has 1 saturated heterocycles. The Bertz CT molecular complexity index is 531. The quantitative estimate of drug-likeness (QED) is 0.837. The highest BCUT2D eigenvalue weighted by molar-refractivity contribution is 9.10. The molecule has 2 N–H and O–H groups in total. The summed E-state index contributed by atoms with van der Waals surface area (Å²) < 4.78 is 6.33. The number of anilines is 1. The second-order valence-electron chi connectivity index (χ2n) is 5.37. The smallest absolute Gasteiger partial charge is 0.244 e. The lowest BCUT2D eigenvalue weighted by atomic mass is 9.90. The van der Waals surface area contributed by atoms with Crippen molar-refractivity contribution in [1.82, 2.24) is 5.32 Å². The molecule has 21 heavy (non-hydrogen) atoms. The van der Waals surface area contributed by atoms with Gasteiger partial charge in [-0.05, 0) is 67.7 Å². The molecule has 1 unspecified atom stereocenters. The number of halogens is 2. The third-order valence-electron chi connectivity index (χ3n) is 3.67. The fourth-order valence-corrected chi connectivity index (χ4v) is 3.38. The summed E-state index contributed by atoms with van der Waals surface area (Å²) in [6, 6.07) is 3.46. The standard InChI is InChI=1S/C15H20BrClN2O2/c1-3-21-13-11(16)8-10(17)9-12(13)19-14(20)15(2)6-4-5-7-18-15/h8-9,18H,3-7H2,1-2H3,(H,19,20).